The maximum absolute atomic E-state index is 13.7. The molecule has 0 N–H and O–H groups in total. The van der Waals surface area contributed by atoms with Gasteiger partial charge in [-0.25, -0.2) is 22.8 Å². The Morgan fingerprint density at radius 1 is 0.971 bits per heavy atom. The monoisotopic (exact) mass is 488 g/mol. The lowest BCUT2D eigenvalue weighted by atomic mass is 10.0. The van der Waals surface area contributed by atoms with Crippen molar-refractivity contribution in [1.29, 1.82) is 0 Å². The summed E-state index contributed by atoms with van der Waals surface area (Å²) in [6, 6.07) is 17.4. The summed E-state index contributed by atoms with van der Waals surface area (Å²) in [4.78, 5) is 8.87. The minimum absolute atomic E-state index is 0.0417. The zero-order chi connectivity index (χ0) is 24.0. The molecule has 6 rings (SSSR count). The smallest absolute Gasteiger partial charge is 0.230 e. The lowest BCUT2D eigenvalue weighted by Gasteiger charge is -2.22. The molecule has 7 nitrogen and oxygen atoms in total. The summed E-state index contributed by atoms with van der Waals surface area (Å²) in [5.74, 6) is 0.558. The van der Waals surface area contributed by atoms with Crippen molar-refractivity contribution >= 4 is 20.9 Å². The van der Waals surface area contributed by atoms with Crippen LogP contribution in [0.25, 0.3) is 44.9 Å². The molecule has 35 heavy (non-hydrogen) atoms. The Morgan fingerprint density at radius 2 is 1.77 bits per heavy atom. The number of hydrogen-bond acceptors (Lipinski definition) is 6. The van der Waals surface area contributed by atoms with Crippen molar-refractivity contribution in [1.82, 2.24) is 19.7 Å². The van der Waals surface area contributed by atoms with Gasteiger partial charge in [-0.05, 0) is 43.2 Å². The molecule has 4 heterocycles. The molecule has 1 aliphatic heterocycles. The van der Waals surface area contributed by atoms with Crippen molar-refractivity contribution < 1.29 is 17.2 Å². The van der Waals surface area contributed by atoms with E-state index in [1.165, 1.54) is 18.5 Å². The summed E-state index contributed by atoms with van der Waals surface area (Å²) in [6.07, 6.45) is 4.58. The number of aromatic nitrogens is 4. The Hall–Kier alpha value is -3.85. The third-order valence-corrected chi connectivity index (χ3v) is 8.11. The Balaban J connectivity index is 1.53. The average Bonchev–Trinajstić information content (AvgIpc) is 3.49. The van der Waals surface area contributed by atoms with Gasteiger partial charge in [0, 0.05) is 22.9 Å². The molecule has 9 heteroatoms. The molecule has 0 bridgehead atoms. The van der Waals surface area contributed by atoms with E-state index >= 15 is 0 Å². The summed E-state index contributed by atoms with van der Waals surface area (Å²) >= 11 is 0. The van der Waals surface area contributed by atoms with Crippen molar-refractivity contribution in [2.75, 3.05) is 11.5 Å². The minimum atomic E-state index is -3.13. The van der Waals surface area contributed by atoms with E-state index < -0.39 is 9.84 Å². The van der Waals surface area contributed by atoms with Gasteiger partial charge >= 0.3 is 0 Å². The predicted octanol–water partition coefficient (Wildman–Crippen LogP) is 5.31. The summed E-state index contributed by atoms with van der Waals surface area (Å²) in [7, 11) is -3.13. The fourth-order valence-electron chi connectivity index (χ4n) is 4.60. The first kappa shape index (κ1) is 21.7. The highest BCUT2D eigenvalue weighted by Gasteiger charge is 2.28. The number of sulfone groups is 1. The number of benzene rings is 2. The quantitative estimate of drug-likeness (QED) is 0.341. The lowest BCUT2D eigenvalue weighted by Crippen LogP contribution is -2.27. The van der Waals surface area contributed by atoms with Gasteiger partial charge in [0.25, 0.3) is 0 Å². The van der Waals surface area contributed by atoms with Crippen molar-refractivity contribution in [2.45, 2.75) is 18.9 Å². The number of halogens is 1. The molecule has 0 spiro atoms. The summed E-state index contributed by atoms with van der Waals surface area (Å²) in [5, 5.41) is 5.50. The predicted molar refractivity (Wildman–Crippen MR) is 131 cm³/mol. The van der Waals surface area contributed by atoms with Crippen LogP contribution in [0.5, 0.6) is 0 Å². The van der Waals surface area contributed by atoms with Crippen molar-refractivity contribution in [3.8, 4) is 33.8 Å². The first-order valence-electron chi connectivity index (χ1n) is 11.3. The molecule has 176 valence electrons. The van der Waals surface area contributed by atoms with Gasteiger partial charge in [-0.1, -0.05) is 30.3 Å². The van der Waals surface area contributed by atoms with Gasteiger partial charge in [0.2, 0.25) is 5.71 Å². The maximum atomic E-state index is 13.7. The second-order valence-electron chi connectivity index (χ2n) is 8.71. The van der Waals surface area contributed by atoms with Crippen LogP contribution in [-0.4, -0.2) is 39.7 Å². The van der Waals surface area contributed by atoms with Gasteiger partial charge in [-0.15, -0.1) is 0 Å². The number of hydrogen-bond donors (Lipinski definition) is 0. The molecular weight excluding hydrogens is 467 g/mol. The molecular formula is C26H21FN4O3S. The van der Waals surface area contributed by atoms with Crippen LogP contribution in [0.2, 0.25) is 0 Å². The summed E-state index contributed by atoms with van der Waals surface area (Å²) in [6.45, 7) is 0. The standard InChI is InChI=1S/C26H21FN4O3S/c27-19-10-8-18(9-11-19)24-22(14-31(30-24)20-7-4-12-35(32,33)15-20)25-21-13-23(17-5-2-1-3-6-17)34-26(21)29-16-28-25/h1-3,5-6,8-11,13-14,16,20H,4,7,12,15H2. The van der Waals surface area contributed by atoms with E-state index in [2.05, 4.69) is 9.97 Å². The molecule has 1 fully saturated rings. The van der Waals surface area contributed by atoms with Crippen LogP contribution in [0.4, 0.5) is 4.39 Å². The molecule has 1 unspecified atom stereocenters. The van der Waals surface area contributed by atoms with Gasteiger partial charge in [0.15, 0.2) is 9.84 Å². The number of furan rings is 1. The molecule has 2 aromatic carbocycles. The van der Waals surface area contributed by atoms with Crippen LogP contribution in [0, 0.1) is 5.82 Å². The topological polar surface area (TPSA) is 90.9 Å². The number of nitrogens with zero attached hydrogens (tertiary/aromatic N) is 4. The fourth-order valence-corrected chi connectivity index (χ4v) is 6.27. The highest BCUT2D eigenvalue weighted by atomic mass is 32.2. The zero-order valence-corrected chi connectivity index (χ0v) is 19.5. The van der Waals surface area contributed by atoms with Crippen molar-refractivity contribution in [3.05, 3.63) is 79.0 Å². The Kier molecular flexibility index (Phi) is 5.21. The summed E-state index contributed by atoms with van der Waals surface area (Å²) < 4.78 is 46.0. The van der Waals surface area contributed by atoms with Crippen LogP contribution in [0.3, 0.4) is 0 Å². The normalized spacial score (nSPS) is 17.6. The second-order valence-corrected chi connectivity index (χ2v) is 10.9. The third-order valence-electron chi connectivity index (χ3n) is 6.31. The molecule has 3 aromatic heterocycles. The van der Waals surface area contributed by atoms with Gasteiger partial charge in [-0.2, -0.15) is 5.10 Å². The van der Waals surface area contributed by atoms with E-state index in [1.807, 2.05) is 42.6 Å². The highest BCUT2D eigenvalue weighted by molar-refractivity contribution is 7.91. The lowest BCUT2D eigenvalue weighted by molar-refractivity contribution is 0.436. The fraction of sp³-hybridized carbons (Fsp3) is 0.192. The van der Waals surface area contributed by atoms with E-state index in [0.29, 0.717) is 52.2 Å². The molecule has 1 aliphatic rings. The highest BCUT2D eigenvalue weighted by Crippen LogP contribution is 2.38. The molecule has 5 aromatic rings. The maximum Gasteiger partial charge on any atom is 0.230 e. The van der Waals surface area contributed by atoms with Crippen molar-refractivity contribution in [3.63, 3.8) is 0 Å². The molecule has 0 amide bonds. The minimum Gasteiger partial charge on any atom is -0.438 e. The van der Waals surface area contributed by atoms with Crippen LogP contribution in [0.15, 0.2) is 77.6 Å². The number of rotatable bonds is 4. The van der Waals surface area contributed by atoms with Crippen LogP contribution >= 0.6 is 0 Å². The molecule has 0 aliphatic carbocycles. The SMILES string of the molecule is O=S1(=O)CCCC(n2cc(-c3ncnc4oc(-c5ccccc5)cc34)c(-c3ccc(F)cc3)n2)C1. The average molecular weight is 489 g/mol. The molecule has 1 saturated heterocycles. The van der Waals surface area contributed by atoms with E-state index in [4.69, 9.17) is 9.52 Å². The Morgan fingerprint density at radius 3 is 2.54 bits per heavy atom. The summed E-state index contributed by atoms with van der Waals surface area (Å²) in [5.41, 5.74) is 3.97. The van der Waals surface area contributed by atoms with Crippen LogP contribution in [0.1, 0.15) is 18.9 Å². The Bertz CT molecular complexity index is 1630. The van der Waals surface area contributed by atoms with E-state index in [0.717, 1.165) is 5.56 Å². The van der Waals surface area contributed by atoms with Crippen molar-refractivity contribution in [2.24, 2.45) is 0 Å². The van der Waals surface area contributed by atoms with Gasteiger partial charge in [0.1, 0.15) is 23.6 Å². The molecule has 1 atom stereocenters. The first-order chi connectivity index (χ1) is 17.0. The van der Waals surface area contributed by atoms with Gasteiger partial charge < -0.3 is 4.42 Å². The first-order valence-corrected chi connectivity index (χ1v) is 13.1. The zero-order valence-electron chi connectivity index (χ0n) is 18.6. The van der Waals surface area contributed by atoms with Gasteiger partial charge in [-0.3, -0.25) is 4.68 Å². The van der Waals surface area contributed by atoms with E-state index in [-0.39, 0.29) is 23.4 Å². The second kappa shape index (κ2) is 8.42. The Labute approximate surface area is 201 Å². The molecule has 0 saturated carbocycles. The largest absolute Gasteiger partial charge is 0.438 e. The third kappa shape index (κ3) is 4.12. The van der Waals surface area contributed by atoms with Crippen LogP contribution < -0.4 is 0 Å². The van der Waals surface area contributed by atoms with Gasteiger partial charge in [0.05, 0.1) is 28.6 Å². The van der Waals surface area contributed by atoms with Crippen LogP contribution in [-0.2, 0) is 9.84 Å². The van der Waals surface area contributed by atoms with E-state index in [9.17, 15) is 12.8 Å². The van der Waals surface area contributed by atoms with E-state index in [1.54, 1.807) is 16.8 Å². The molecule has 0 radical (unpaired) electrons. The number of fused-ring (bicyclic) bond motifs is 1.